The van der Waals surface area contributed by atoms with E-state index < -0.39 is 10.8 Å². The number of aromatic hydroxyl groups is 1. The highest BCUT2D eigenvalue weighted by Gasteiger charge is 2.16. The summed E-state index contributed by atoms with van der Waals surface area (Å²) in [6, 6.07) is 6.95. The number of nitro benzene ring substituents is 1. The Morgan fingerprint density at radius 3 is 2.84 bits per heavy atom. The largest absolute Gasteiger partial charge is 0.506 e. The zero-order chi connectivity index (χ0) is 18.0. The van der Waals surface area contributed by atoms with E-state index in [4.69, 9.17) is 9.47 Å². The van der Waals surface area contributed by atoms with Crippen molar-refractivity contribution in [1.29, 1.82) is 0 Å². The number of fused-ring (bicyclic) bond motifs is 1. The van der Waals surface area contributed by atoms with Crippen molar-refractivity contribution in [3.63, 3.8) is 0 Å². The topological polar surface area (TPSA) is 123 Å². The maximum atomic E-state index is 12.1. The molecule has 0 radical (unpaired) electrons. The predicted molar refractivity (Wildman–Crippen MR) is 90.1 cm³/mol. The van der Waals surface area contributed by atoms with Crippen molar-refractivity contribution in [2.24, 2.45) is 5.10 Å². The van der Waals surface area contributed by atoms with E-state index in [0.29, 0.717) is 17.1 Å². The SMILES string of the molecule is O=C(N/N=C/c1cc([N+](=O)[O-])cc(Br)c1O)c1ccc2c(c1)OCO2. The quantitative estimate of drug-likeness (QED) is 0.455. The molecular weight excluding hydrogens is 398 g/mol. The van der Waals surface area contributed by atoms with Crippen molar-refractivity contribution in [2.75, 3.05) is 6.79 Å². The molecule has 128 valence electrons. The second-order valence-electron chi connectivity index (χ2n) is 4.89. The van der Waals surface area contributed by atoms with Crippen molar-refractivity contribution in [1.82, 2.24) is 5.43 Å². The van der Waals surface area contributed by atoms with Gasteiger partial charge in [0.05, 0.1) is 15.6 Å². The van der Waals surface area contributed by atoms with Crippen molar-refractivity contribution in [2.45, 2.75) is 0 Å². The lowest BCUT2D eigenvalue weighted by Crippen LogP contribution is -2.17. The first kappa shape index (κ1) is 16.7. The Morgan fingerprint density at radius 2 is 2.08 bits per heavy atom. The van der Waals surface area contributed by atoms with Gasteiger partial charge in [0.1, 0.15) is 5.75 Å². The van der Waals surface area contributed by atoms with Crippen LogP contribution in [0.5, 0.6) is 17.2 Å². The van der Waals surface area contributed by atoms with Gasteiger partial charge < -0.3 is 14.6 Å². The van der Waals surface area contributed by atoms with Crippen LogP contribution < -0.4 is 14.9 Å². The minimum Gasteiger partial charge on any atom is -0.506 e. The second-order valence-corrected chi connectivity index (χ2v) is 5.74. The Hall–Kier alpha value is -3.14. The summed E-state index contributed by atoms with van der Waals surface area (Å²) in [6.45, 7) is 0.0967. The summed E-state index contributed by atoms with van der Waals surface area (Å²) in [5.74, 6) is 0.258. The van der Waals surface area contributed by atoms with Crippen LogP contribution in [0.2, 0.25) is 0 Å². The van der Waals surface area contributed by atoms with Gasteiger partial charge in [0.2, 0.25) is 6.79 Å². The lowest BCUT2D eigenvalue weighted by molar-refractivity contribution is -0.385. The molecule has 1 aliphatic rings. The van der Waals surface area contributed by atoms with Crippen LogP contribution in [-0.2, 0) is 0 Å². The molecule has 0 aliphatic carbocycles. The lowest BCUT2D eigenvalue weighted by atomic mass is 10.2. The fraction of sp³-hybridized carbons (Fsp3) is 0.0667. The van der Waals surface area contributed by atoms with Crippen molar-refractivity contribution in [3.05, 3.63) is 56.0 Å². The minimum absolute atomic E-state index is 0.0760. The second kappa shape index (κ2) is 6.77. The van der Waals surface area contributed by atoms with Gasteiger partial charge in [-0.2, -0.15) is 5.10 Å². The van der Waals surface area contributed by atoms with Crippen molar-refractivity contribution < 1.29 is 24.3 Å². The Kier molecular flexibility index (Phi) is 4.52. The van der Waals surface area contributed by atoms with E-state index in [1.807, 2.05) is 0 Å². The number of phenols is 1. The Balaban J connectivity index is 1.75. The lowest BCUT2D eigenvalue weighted by Gasteiger charge is -2.03. The van der Waals surface area contributed by atoms with E-state index in [-0.39, 0.29) is 28.3 Å². The molecule has 2 aromatic carbocycles. The molecule has 1 heterocycles. The smallest absolute Gasteiger partial charge is 0.271 e. The molecule has 10 heteroatoms. The number of ether oxygens (including phenoxy) is 2. The zero-order valence-electron chi connectivity index (χ0n) is 12.4. The standard InChI is InChI=1S/C15H10BrN3O6/c16-11-5-10(19(22)23)3-9(14(11)20)6-17-18-15(21)8-1-2-12-13(4-8)25-7-24-12/h1-6,20H,7H2,(H,18,21)/b17-6+. The predicted octanol–water partition coefficient (Wildman–Crippen LogP) is 2.56. The van der Waals surface area contributed by atoms with Gasteiger partial charge in [-0.3, -0.25) is 14.9 Å². The summed E-state index contributed by atoms with van der Waals surface area (Å²) < 4.78 is 10.5. The van der Waals surface area contributed by atoms with Gasteiger partial charge in [0.15, 0.2) is 11.5 Å². The first-order chi connectivity index (χ1) is 12.0. The number of hydrazone groups is 1. The van der Waals surface area contributed by atoms with Crippen LogP contribution in [0.3, 0.4) is 0 Å². The summed E-state index contributed by atoms with van der Waals surface area (Å²) >= 11 is 3.02. The highest BCUT2D eigenvalue weighted by molar-refractivity contribution is 9.10. The molecular formula is C15H10BrN3O6. The van der Waals surface area contributed by atoms with E-state index in [9.17, 15) is 20.0 Å². The molecule has 0 bridgehead atoms. The third-order valence-corrected chi connectivity index (χ3v) is 3.90. The van der Waals surface area contributed by atoms with Crippen LogP contribution in [0.4, 0.5) is 5.69 Å². The number of halogens is 1. The highest BCUT2D eigenvalue weighted by Crippen LogP contribution is 2.33. The van der Waals surface area contributed by atoms with Crippen molar-refractivity contribution >= 4 is 33.7 Å². The number of non-ortho nitro benzene ring substituents is 1. The molecule has 1 amide bonds. The van der Waals surface area contributed by atoms with E-state index in [1.54, 1.807) is 12.1 Å². The van der Waals surface area contributed by atoms with E-state index in [2.05, 4.69) is 26.5 Å². The molecule has 0 aromatic heterocycles. The number of rotatable bonds is 4. The first-order valence-electron chi connectivity index (χ1n) is 6.85. The molecule has 1 aliphatic heterocycles. The molecule has 2 aromatic rings. The van der Waals surface area contributed by atoms with Gasteiger partial charge >= 0.3 is 0 Å². The van der Waals surface area contributed by atoms with E-state index >= 15 is 0 Å². The first-order valence-corrected chi connectivity index (χ1v) is 7.65. The number of nitrogens with zero attached hydrogens (tertiary/aromatic N) is 2. The maximum Gasteiger partial charge on any atom is 0.271 e. The number of carbonyl (C=O) groups excluding carboxylic acids is 1. The summed E-state index contributed by atoms with van der Waals surface area (Å²) in [5.41, 5.74) is 2.42. The molecule has 0 atom stereocenters. The Morgan fingerprint density at radius 1 is 1.32 bits per heavy atom. The number of nitro groups is 1. The Labute approximate surface area is 149 Å². The van der Waals surface area contributed by atoms with Gasteiger partial charge in [-0.1, -0.05) is 0 Å². The molecule has 2 N–H and O–H groups in total. The monoisotopic (exact) mass is 407 g/mol. The average molecular weight is 408 g/mol. The molecule has 25 heavy (non-hydrogen) atoms. The zero-order valence-corrected chi connectivity index (χ0v) is 14.0. The number of amides is 1. The number of benzene rings is 2. The third-order valence-electron chi connectivity index (χ3n) is 3.29. The molecule has 0 spiro atoms. The van der Waals surface area contributed by atoms with Crippen LogP contribution in [0.15, 0.2) is 39.9 Å². The number of nitrogens with one attached hydrogen (secondary N) is 1. The minimum atomic E-state index is -0.604. The van der Waals surface area contributed by atoms with Gasteiger partial charge in [0, 0.05) is 23.3 Å². The van der Waals surface area contributed by atoms with E-state index in [1.165, 1.54) is 6.07 Å². The summed E-state index contributed by atoms with van der Waals surface area (Å²) in [7, 11) is 0. The molecule has 0 saturated carbocycles. The molecule has 9 nitrogen and oxygen atoms in total. The normalized spacial score (nSPS) is 12.4. The molecule has 3 rings (SSSR count). The number of hydrogen-bond acceptors (Lipinski definition) is 7. The van der Waals surface area contributed by atoms with Gasteiger partial charge in [-0.15, -0.1) is 0 Å². The molecule has 0 unspecified atom stereocenters. The van der Waals surface area contributed by atoms with Crippen molar-refractivity contribution in [3.8, 4) is 17.2 Å². The molecule has 0 saturated heterocycles. The summed E-state index contributed by atoms with van der Waals surface area (Å²) in [4.78, 5) is 22.3. The fourth-order valence-electron chi connectivity index (χ4n) is 2.07. The van der Waals surface area contributed by atoms with Crippen LogP contribution in [0, 0.1) is 10.1 Å². The van der Waals surface area contributed by atoms with Gasteiger partial charge in [-0.25, -0.2) is 5.43 Å². The number of carbonyl (C=O) groups is 1. The van der Waals surface area contributed by atoms with E-state index in [0.717, 1.165) is 18.3 Å². The van der Waals surface area contributed by atoms with Crippen LogP contribution >= 0.6 is 15.9 Å². The van der Waals surface area contributed by atoms with Crippen LogP contribution in [-0.4, -0.2) is 28.9 Å². The Bertz CT molecular complexity index is 899. The molecule has 0 fully saturated rings. The number of hydrogen-bond donors (Lipinski definition) is 2. The number of phenolic OH excluding ortho intramolecular Hbond substituents is 1. The maximum absolute atomic E-state index is 12.1. The summed E-state index contributed by atoms with van der Waals surface area (Å²) in [6.07, 6.45) is 1.11. The fourth-order valence-corrected chi connectivity index (χ4v) is 2.54. The summed E-state index contributed by atoms with van der Waals surface area (Å²) in [5, 5.41) is 24.4. The average Bonchev–Trinajstić information content (AvgIpc) is 3.05. The van der Waals surface area contributed by atoms with Gasteiger partial charge in [0.25, 0.3) is 11.6 Å². The third kappa shape index (κ3) is 3.53. The highest BCUT2D eigenvalue weighted by atomic mass is 79.9. The van der Waals surface area contributed by atoms with Gasteiger partial charge in [-0.05, 0) is 34.1 Å². The van der Waals surface area contributed by atoms with Crippen LogP contribution in [0.25, 0.3) is 0 Å². The van der Waals surface area contributed by atoms with Crippen LogP contribution in [0.1, 0.15) is 15.9 Å².